The molecular weight excluding hydrogens is 548 g/mol. The normalized spacial score (nSPS) is 11.1. The van der Waals surface area contributed by atoms with Crippen molar-refractivity contribution in [2.24, 2.45) is 0 Å². The molecule has 9 heteroatoms. The van der Waals surface area contributed by atoms with Crippen LogP contribution in [0.3, 0.4) is 0 Å². The van der Waals surface area contributed by atoms with Gasteiger partial charge in [-0.25, -0.2) is 22.9 Å². The first-order valence-corrected chi connectivity index (χ1v) is 12.5. The van der Waals surface area contributed by atoms with Gasteiger partial charge in [0, 0.05) is 28.9 Å². The summed E-state index contributed by atoms with van der Waals surface area (Å²) in [6, 6.07) is 18.4. The van der Waals surface area contributed by atoms with Crippen molar-refractivity contribution in [1.82, 2.24) is 9.55 Å². The number of carboxylic acids is 1. The zero-order valence-electron chi connectivity index (χ0n) is 20.4. The predicted octanol–water partition coefficient (Wildman–Crippen LogP) is 8.66. The van der Waals surface area contributed by atoms with Crippen LogP contribution in [-0.2, 0) is 6.54 Å². The molecule has 196 valence electrons. The number of halogens is 5. The number of aromatic carboxylic acids is 1. The Morgan fingerprint density at radius 2 is 1.67 bits per heavy atom. The molecule has 0 aliphatic heterocycles. The fraction of sp³-hybridized carbons (Fsp3) is 0.0667. The molecule has 0 amide bonds. The molecule has 0 spiro atoms. The monoisotopic (exact) mass is 566 g/mol. The van der Waals surface area contributed by atoms with E-state index in [2.05, 4.69) is 4.98 Å². The number of nitrogens with zero attached hydrogens (tertiary/aromatic N) is 2. The lowest BCUT2D eigenvalue weighted by Gasteiger charge is -2.13. The molecule has 5 aromatic rings. The van der Waals surface area contributed by atoms with Gasteiger partial charge in [-0.1, -0.05) is 65.2 Å². The molecule has 1 heterocycles. The van der Waals surface area contributed by atoms with Gasteiger partial charge in [-0.15, -0.1) is 0 Å². The molecule has 39 heavy (non-hydrogen) atoms. The maximum absolute atomic E-state index is 15.6. The van der Waals surface area contributed by atoms with Crippen molar-refractivity contribution in [3.8, 4) is 33.8 Å². The maximum atomic E-state index is 15.6. The van der Waals surface area contributed by atoms with E-state index in [-0.39, 0.29) is 34.2 Å². The van der Waals surface area contributed by atoms with Gasteiger partial charge in [0.1, 0.15) is 11.6 Å². The Kier molecular flexibility index (Phi) is 7.21. The van der Waals surface area contributed by atoms with Crippen LogP contribution in [0.25, 0.3) is 33.8 Å². The second-order valence-corrected chi connectivity index (χ2v) is 9.83. The maximum Gasteiger partial charge on any atom is 0.335 e. The summed E-state index contributed by atoms with van der Waals surface area (Å²) in [6.07, 6.45) is 1.54. The smallest absolute Gasteiger partial charge is 0.335 e. The number of imidazole rings is 1. The second-order valence-electron chi connectivity index (χ2n) is 8.98. The molecular formula is C30H19Cl2F3N2O2. The SMILES string of the molecule is Cc1cccc(-c2cc(F)c(-c3nc(-c4ccc(Cl)cc4Cl)cn3Cc3ccc(C(=O)O)cc3)c(F)c2F)c1. The second kappa shape index (κ2) is 10.6. The quantitative estimate of drug-likeness (QED) is 0.209. The minimum Gasteiger partial charge on any atom is -0.478 e. The first kappa shape index (κ1) is 26.5. The van der Waals surface area contributed by atoms with Crippen LogP contribution in [0.4, 0.5) is 13.2 Å². The molecule has 1 aromatic heterocycles. The number of aryl methyl sites for hydroxylation is 1. The number of hydrogen-bond acceptors (Lipinski definition) is 2. The fourth-order valence-corrected chi connectivity index (χ4v) is 4.84. The number of rotatable bonds is 6. The highest BCUT2D eigenvalue weighted by Crippen LogP contribution is 2.37. The number of carboxylic acid groups (broad SMARTS) is 1. The summed E-state index contributed by atoms with van der Waals surface area (Å²) < 4.78 is 48.1. The summed E-state index contributed by atoms with van der Waals surface area (Å²) in [5, 5.41) is 9.85. The highest BCUT2D eigenvalue weighted by Gasteiger charge is 2.26. The lowest BCUT2D eigenvalue weighted by molar-refractivity contribution is 0.0697. The number of carbonyl (C=O) groups is 1. The third-order valence-corrected chi connectivity index (χ3v) is 6.80. The van der Waals surface area contributed by atoms with Gasteiger partial charge in [0.25, 0.3) is 0 Å². The van der Waals surface area contributed by atoms with E-state index < -0.39 is 29.0 Å². The van der Waals surface area contributed by atoms with Crippen LogP contribution >= 0.6 is 23.2 Å². The summed E-state index contributed by atoms with van der Waals surface area (Å²) in [7, 11) is 0. The summed E-state index contributed by atoms with van der Waals surface area (Å²) in [5.74, 6) is -4.83. The molecule has 4 aromatic carbocycles. The van der Waals surface area contributed by atoms with Crippen LogP contribution in [0.5, 0.6) is 0 Å². The van der Waals surface area contributed by atoms with E-state index in [1.54, 1.807) is 61.7 Å². The molecule has 0 fully saturated rings. The average molecular weight is 567 g/mol. The predicted molar refractivity (Wildman–Crippen MR) is 146 cm³/mol. The van der Waals surface area contributed by atoms with Gasteiger partial charge in [0.2, 0.25) is 0 Å². The Morgan fingerprint density at radius 1 is 0.923 bits per heavy atom. The lowest BCUT2D eigenvalue weighted by atomic mass is 10.00. The Hall–Kier alpha value is -4.07. The van der Waals surface area contributed by atoms with E-state index in [4.69, 9.17) is 23.2 Å². The molecule has 0 unspecified atom stereocenters. The van der Waals surface area contributed by atoms with E-state index in [1.807, 2.05) is 0 Å². The minimum atomic E-state index is -1.38. The van der Waals surface area contributed by atoms with Gasteiger partial charge in [0.15, 0.2) is 11.6 Å². The van der Waals surface area contributed by atoms with Crippen molar-refractivity contribution in [1.29, 1.82) is 0 Å². The molecule has 0 radical (unpaired) electrons. The fourth-order valence-electron chi connectivity index (χ4n) is 4.34. The van der Waals surface area contributed by atoms with E-state index in [0.717, 1.165) is 11.6 Å². The van der Waals surface area contributed by atoms with Crippen molar-refractivity contribution in [3.63, 3.8) is 0 Å². The first-order valence-electron chi connectivity index (χ1n) is 11.7. The lowest BCUT2D eigenvalue weighted by Crippen LogP contribution is -2.06. The Balaban J connectivity index is 1.67. The van der Waals surface area contributed by atoms with Gasteiger partial charge in [0.05, 0.1) is 21.8 Å². The minimum absolute atomic E-state index is 0.0631. The molecule has 4 nitrogen and oxygen atoms in total. The van der Waals surface area contributed by atoms with Gasteiger partial charge in [-0.05, 0) is 54.4 Å². The van der Waals surface area contributed by atoms with E-state index in [1.165, 1.54) is 22.8 Å². The van der Waals surface area contributed by atoms with E-state index >= 15 is 13.2 Å². The Bertz CT molecular complexity index is 1730. The number of aromatic nitrogens is 2. The van der Waals surface area contributed by atoms with Gasteiger partial charge >= 0.3 is 5.97 Å². The molecule has 0 bridgehead atoms. The third-order valence-electron chi connectivity index (χ3n) is 6.25. The van der Waals surface area contributed by atoms with Gasteiger partial charge in [-0.2, -0.15) is 0 Å². The summed E-state index contributed by atoms with van der Waals surface area (Å²) in [6.45, 7) is 1.86. The average Bonchev–Trinajstić information content (AvgIpc) is 3.29. The summed E-state index contributed by atoms with van der Waals surface area (Å²) in [4.78, 5) is 15.7. The van der Waals surface area contributed by atoms with Crippen LogP contribution in [-0.4, -0.2) is 20.6 Å². The van der Waals surface area contributed by atoms with Crippen molar-refractivity contribution >= 4 is 29.2 Å². The van der Waals surface area contributed by atoms with Crippen LogP contribution in [0, 0.1) is 24.4 Å². The summed E-state index contributed by atoms with van der Waals surface area (Å²) in [5.41, 5.74) is 1.77. The highest BCUT2D eigenvalue weighted by atomic mass is 35.5. The molecule has 1 N–H and O–H groups in total. The first-order chi connectivity index (χ1) is 18.6. The van der Waals surface area contributed by atoms with E-state index in [9.17, 15) is 9.90 Å². The molecule has 0 saturated heterocycles. The van der Waals surface area contributed by atoms with Crippen molar-refractivity contribution in [3.05, 3.63) is 123 Å². The van der Waals surface area contributed by atoms with Crippen LogP contribution in [0.15, 0.2) is 79.0 Å². The number of hydrogen-bond donors (Lipinski definition) is 1. The number of benzene rings is 4. The summed E-state index contributed by atoms with van der Waals surface area (Å²) >= 11 is 12.4. The van der Waals surface area contributed by atoms with E-state index in [0.29, 0.717) is 21.7 Å². The largest absolute Gasteiger partial charge is 0.478 e. The highest BCUT2D eigenvalue weighted by molar-refractivity contribution is 6.36. The van der Waals surface area contributed by atoms with Gasteiger partial charge in [-0.3, -0.25) is 0 Å². The zero-order chi connectivity index (χ0) is 27.8. The Labute approximate surface area is 231 Å². The van der Waals surface area contributed by atoms with Crippen molar-refractivity contribution in [2.75, 3.05) is 0 Å². The molecule has 5 rings (SSSR count). The topological polar surface area (TPSA) is 55.1 Å². The van der Waals surface area contributed by atoms with Crippen LogP contribution in [0.1, 0.15) is 21.5 Å². The molecule has 0 aliphatic rings. The standard InChI is InChI=1S/C30H19Cl2F3N2O2/c1-16-3-2-4-19(11-16)22-13-24(33)26(28(35)27(22)34)29-36-25(21-10-9-20(31)12-23(21)32)15-37(29)14-17-5-7-18(8-6-17)30(38)39/h2-13,15H,14H2,1H3,(H,38,39). The van der Waals surface area contributed by atoms with Crippen LogP contribution < -0.4 is 0 Å². The third kappa shape index (κ3) is 5.28. The van der Waals surface area contributed by atoms with Crippen LogP contribution in [0.2, 0.25) is 10.0 Å². The zero-order valence-corrected chi connectivity index (χ0v) is 21.9. The van der Waals surface area contributed by atoms with Crippen molar-refractivity contribution < 1.29 is 23.1 Å². The molecule has 0 atom stereocenters. The van der Waals surface area contributed by atoms with Crippen molar-refractivity contribution in [2.45, 2.75) is 13.5 Å². The molecule has 0 aliphatic carbocycles. The molecule has 0 saturated carbocycles. The van der Waals surface area contributed by atoms with Gasteiger partial charge < -0.3 is 9.67 Å². The Morgan fingerprint density at radius 3 is 2.33 bits per heavy atom.